The van der Waals surface area contributed by atoms with Crippen LogP contribution in [0.4, 0.5) is 0 Å². The Bertz CT molecular complexity index is 750. The molecule has 1 unspecified atom stereocenters. The van der Waals surface area contributed by atoms with Crippen LogP contribution in [0.25, 0.3) is 10.8 Å². The van der Waals surface area contributed by atoms with Crippen LogP contribution < -0.4 is 0 Å². The Hall–Kier alpha value is -1.83. The van der Waals surface area contributed by atoms with Crippen LogP contribution in [0, 0.1) is 17.8 Å². The molecular formula is C22H27NO. The maximum atomic E-state index is 5.20. The first kappa shape index (κ1) is 15.7. The second kappa shape index (κ2) is 6.58. The molecule has 2 heteroatoms. The lowest BCUT2D eigenvalue weighted by Crippen LogP contribution is -2.32. The van der Waals surface area contributed by atoms with Gasteiger partial charge in [0, 0.05) is 5.92 Å². The summed E-state index contributed by atoms with van der Waals surface area (Å²) in [4.78, 5) is 5.20. The van der Waals surface area contributed by atoms with Gasteiger partial charge in [-0.25, -0.2) is 0 Å². The molecule has 0 aliphatic heterocycles. The predicted octanol–water partition coefficient (Wildman–Crippen LogP) is 5.77. The SMILES string of the molecule is CCC(=NOC)[C@@H]1[C@@H]2CCC(C2)C[C@@H]1c1ccc2ccccc2c1. The zero-order valence-electron chi connectivity index (χ0n) is 14.7. The molecule has 2 aliphatic carbocycles. The molecule has 0 radical (unpaired) electrons. The third-order valence-corrected chi connectivity index (χ3v) is 6.27. The summed E-state index contributed by atoms with van der Waals surface area (Å²) in [6.07, 6.45) is 6.45. The zero-order chi connectivity index (χ0) is 16.5. The summed E-state index contributed by atoms with van der Waals surface area (Å²) < 4.78 is 0. The van der Waals surface area contributed by atoms with Crippen molar-refractivity contribution in [1.29, 1.82) is 0 Å². The van der Waals surface area contributed by atoms with Crippen LogP contribution in [0.15, 0.2) is 47.6 Å². The Morgan fingerprint density at radius 2 is 1.92 bits per heavy atom. The molecule has 0 amide bonds. The molecular weight excluding hydrogens is 294 g/mol. The largest absolute Gasteiger partial charge is 0.399 e. The molecule has 4 rings (SSSR count). The number of nitrogens with zero attached hydrogens (tertiary/aromatic N) is 1. The number of hydrogen-bond donors (Lipinski definition) is 0. The van der Waals surface area contributed by atoms with E-state index in [2.05, 4.69) is 54.5 Å². The molecule has 2 aromatic carbocycles. The number of benzene rings is 2. The predicted molar refractivity (Wildman–Crippen MR) is 100 cm³/mol. The lowest BCUT2D eigenvalue weighted by atomic mass is 9.67. The quantitative estimate of drug-likeness (QED) is 0.517. The van der Waals surface area contributed by atoms with Crippen LogP contribution in [0.5, 0.6) is 0 Å². The van der Waals surface area contributed by atoms with E-state index in [1.807, 2.05) is 0 Å². The molecule has 0 spiro atoms. The first-order chi connectivity index (χ1) is 11.8. The summed E-state index contributed by atoms with van der Waals surface area (Å²) in [5.41, 5.74) is 2.76. The van der Waals surface area contributed by atoms with E-state index in [-0.39, 0.29) is 0 Å². The van der Waals surface area contributed by atoms with E-state index in [0.717, 1.165) is 18.3 Å². The number of fused-ring (bicyclic) bond motifs is 3. The maximum Gasteiger partial charge on any atom is 0.106 e. The molecule has 0 aromatic heterocycles. The summed E-state index contributed by atoms with van der Waals surface area (Å²) in [7, 11) is 1.68. The summed E-state index contributed by atoms with van der Waals surface area (Å²) >= 11 is 0. The minimum Gasteiger partial charge on any atom is -0.399 e. The molecule has 0 heterocycles. The topological polar surface area (TPSA) is 21.6 Å². The van der Waals surface area contributed by atoms with Crippen LogP contribution in [-0.2, 0) is 4.84 Å². The molecule has 24 heavy (non-hydrogen) atoms. The maximum absolute atomic E-state index is 5.20. The minimum atomic E-state index is 0.551. The van der Waals surface area contributed by atoms with Gasteiger partial charge in [0.15, 0.2) is 0 Å². The van der Waals surface area contributed by atoms with Crippen LogP contribution in [-0.4, -0.2) is 12.8 Å². The van der Waals surface area contributed by atoms with E-state index in [4.69, 9.17) is 4.84 Å². The van der Waals surface area contributed by atoms with E-state index in [1.165, 1.54) is 47.7 Å². The number of oxime groups is 1. The molecule has 2 fully saturated rings. The van der Waals surface area contributed by atoms with Crippen molar-refractivity contribution < 1.29 is 4.84 Å². The van der Waals surface area contributed by atoms with Gasteiger partial charge in [0.25, 0.3) is 0 Å². The van der Waals surface area contributed by atoms with Gasteiger partial charge < -0.3 is 4.84 Å². The number of rotatable bonds is 4. The van der Waals surface area contributed by atoms with E-state index < -0.39 is 0 Å². The average Bonchev–Trinajstić information content (AvgIpc) is 3.01. The highest BCUT2D eigenvalue weighted by molar-refractivity contribution is 5.88. The van der Waals surface area contributed by atoms with Crippen LogP contribution in [0.3, 0.4) is 0 Å². The van der Waals surface area contributed by atoms with Gasteiger partial charge >= 0.3 is 0 Å². The summed E-state index contributed by atoms with van der Waals surface area (Å²) in [5, 5.41) is 7.12. The second-order valence-corrected chi connectivity index (χ2v) is 7.53. The van der Waals surface area contributed by atoms with Crippen LogP contribution >= 0.6 is 0 Å². The monoisotopic (exact) mass is 321 g/mol. The fourth-order valence-corrected chi connectivity index (χ4v) is 5.25. The van der Waals surface area contributed by atoms with Gasteiger partial charge in [-0.2, -0.15) is 0 Å². The molecule has 2 aromatic rings. The van der Waals surface area contributed by atoms with Crippen molar-refractivity contribution in [3.63, 3.8) is 0 Å². The van der Waals surface area contributed by atoms with Gasteiger partial charge in [-0.15, -0.1) is 0 Å². The second-order valence-electron chi connectivity index (χ2n) is 7.53. The summed E-state index contributed by atoms with van der Waals surface area (Å²) in [6.45, 7) is 2.22. The van der Waals surface area contributed by atoms with Crippen molar-refractivity contribution in [1.82, 2.24) is 0 Å². The standard InChI is InChI=1S/C22H27NO/c1-3-21(23-24-2)22-19-9-8-15(12-19)13-20(22)18-11-10-16-6-4-5-7-17(16)14-18/h4-7,10-11,14-15,19-20,22H,3,8-9,12-13H2,1-2H3/t15?,19-,20-,22-/m1/s1. The zero-order valence-corrected chi connectivity index (χ0v) is 14.7. The summed E-state index contributed by atoms with van der Waals surface area (Å²) in [6, 6.07) is 15.7. The molecule has 2 saturated carbocycles. The van der Waals surface area contributed by atoms with E-state index in [0.29, 0.717) is 11.8 Å². The third kappa shape index (κ3) is 2.72. The van der Waals surface area contributed by atoms with Gasteiger partial charge in [-0.05, 0) is 59.8 Å². The van der Waals surface area contributed by atoms with E-state index in [9.17, 15) is 0 Å². The van der Waals surface area contributed by atoms with Crippen molar-refractivity contribution in [3.8, 4) is 0 Å². The molecule has 2 bridgehead atoms. The molecule has 0 saturated heterocycles. The van der Waals surface area contributed by atoms with Crippen LogP contribution in [0.1, 0.15) is 50.5 Å². The van der Waals surface area contributed by atoms with Gasteiger partial charge in [-0.1, -0.05) is 61.0 Å². The van der Waals surface area contributed by atoms with Gasteiger partial charge in [0.1, 0.15) is 7.11 Å². The molecule has 2 aliphatic rings. The highest BCUT2D eigenvalue weighted by Gasteiger charge is 2.44. The lowest BCUT2D eigenvalue weighted by molar-refractivity contribution is 0.200. The average molecular weight is 321 g/mol. The van der Waals surface area contributed by atoms with E-state index >= 15 is 0 Å². The van der Waals surface area contributed by atoms with Crippen LogP contribution in [0.2, 0.25) is 0 Å². The first-order valence-electron chi connectivity index (χ1n) is 9.38. The molecule has 0 N–H and O–H groups in total. The van der Waals surface area contributed by atoms with Gasteiger partial charge in [0.05, 0.1) is 5.71 Å². The molecule has 2 nitrogen and oxygen atoms in total. The third-order valence-electron chi connectivity index (χ3n) is 6.27. The summed E-state index contributed by atoms with van der Waals surface area (Å²) in [5.74, 6) is 2.84. The number of hydrogen-bond acceptors (Lipinski definition) is 2. The smallest absolute Gasteiger partial charge is 0.106 e. The van der Waals surface area contributed by atoms with Gasteiger partial charge in [-0.3, -0.25) is 0 Å². The highest BCUT2D eigenvalue weighted by Crippen LogP contribution is 2.53. The fourth-order valence-electron chi connectivity index (χ4n) is 5.25. The van der Waals surface area contributed by atoms with Crippen molar-refractivity contribution in [2.24, 2.45) is 22.9 Å². The fraction of sp³-hybridized carbons (Fsp3) is 0.500. The van der Waals surface area contributed by atoms with Crippen molar-refractivity contribution in [3.05, 3.63) is 48.0 Å². The van der Waals surface area contributed by atoms with Crippen molar-refractivity contribution in [2.45, 2.75) is 44.9 Å². The van der Waals surface area contributed by atoms with E-state index in [1.54, 1.807) is 7.11 Å². The van der Waals surface area contributed by atoms with Gasteiger partial charge in [0.2, 0.25) is 0 Å². The highest BCUT2D eigenvalue weighted by atomic mass is 16.6. The molecule has 126 valence electrons. The molecule has 4 atom stereocenters. The lowest BCUT2D eigenvalue weighted by Gasteiger charge is -2.37. The Labute approximate surface area is 144 Å². The van der Waals surface area contributed by atoms with Crippen molar-refractivity contribution >= 4 is 16.5 Å². The Kier molecular flexibility index (Phi) is 4.30. The first-order valence-corrected chi connectivity index (χ1v) is 9.38. The minimum absolute atomic E-state index is 0.551. The van der Waals surface area contributed by atoms with Crippen molar-refractivity contribution in [2.75, 3.05) is 7.11 Å². The Balaban J connectivity index is 1.75. The normalized spacial score (nSPS) is 29.8. The Morgan fingerprint density at radius 3 is 2.71 bits per heavy atom. The Morgan fingerprint density at radius 1 is 1.08 bits per heavy atom.